The van der Waals surface area contributed by atoms with Crippen LogP contribution in [-0.2, 0) is 21.3 Å². The summed E-state index contributed by atoms with van der Waals surface area (Å²) in [6.45, 7) is 7.76. The minimum absolute atomic E-state index is 0.0342. The molecule has 1 fully saturated rings. The number of nitrogens with zero attached hydrogens (tertiary/aromatic N) is 3. The van der Waals surface area contributed by atoms with Crippen LogP contribution in [0.25, 0.3) is 0 Å². The molecule has 21 heavy (non-hydrogen) atoms. The molecule has 1 saturated heterocycles. The lowest BCUT2D eigenvalue weighted by Crippen LogP contribution is -2.45. The van der Waals surface area contributed by atoms with Gasteiger partial charge < -0.3 is 4.74 Å². The number of morpholine rings is 1. The van der Waals surface area contributed by atoms with Crippen LogP contribution in [0.15, 0.2) is 6.07 Å². The Bertz CT molecular complexity index is 570. The van der Waals surface area contributed by atoms with E-state index >= 15 is 0 Å². The molecule has 0 bridgehead atoms. The molecule has 2 rings (SSSR count). The Morgan fingerprint density at radius 2 is 2.24 bits per heavy atom. The van der Waals surface area contributed by atoms with E-state index in [1.807, 2.05) is 24.6 Å². The molecule has 2 heterocycles. The van der Waals surface area contributed by atoms with Crippen molar-refractivity contribution in [2.45, 2.75) is 32.9 Å². The van der Waals surface area contributed by atoms with Crippen LogP contribution >= 0.6 is 0 Å². The smallest absolute Gasteiger partial charge is 0.209 e. The Morgan fingerprint density at radius 3 is 2.86 bits per heavy atom. The first-order valence-electron chi connectivity index (χ1n) is 7.19. The molecule has 0 unspecified atom stereocenters. The second-order valence-electron chi connectivity index (χ2n) is 5.62. The molecule has 7 nitrogen and oxygen atoms in total. The fourth-order valence-electron chi connectivity index (χ4n) is 2.64. The zero-order valence-electron chi connectivity index (χ0n) is 12.7. The van der Waals surface area contributed by atoms with Crippen LogP contribution in [0.4, 0.5) is 0 Å². The number of primary sulfonamides is 1. The molecule has 0 aliphatic carbocycles. The van der Waals surface area contributed by atoms with Crippen LogP contribution < -0.4 is 5.14 Å². The predicted octanol–water partition coefficient (Wildman–Crippen LogP) is -0.121. The Kier molecular flexibility index (Phi) is 5.37. The molecule has 0 spiro atoms. The molecule has 1 aromatic heterocycles. The van der Waals surface area contributed by atoms with Gasteiger partial charge in [0.1, 0.15) is 0 Å². The van der Waals surface area contributed by atoms with Crippen LogP contribution in [-0.4, -0.2) is 61.2 Å². The second-order valence-corrected chi connectivity index (χ2v) is 7.36. The first kappa shape index (κ1) is 16.4. The fraction of sp³-hybridized carbons (Fsp3) is 0.769. The molecule has 0 amide bonds. The third-order valence-electron chi connectivity index (χ3n) is 3.61. The number of sulfonamides is 1. The van der Waals surface area contributed by atoms with E-state index in [4.69, 9.17) is 9.88 Å². The van der Waals surface area contributed by atoms with Crippen LogP contribution in [0, 0.1) is 13.8 Å². The van der Waals surface area contributed by atoms with Crippen molar-refractivity contribution < 1.29 is 13.2 Å². The van der Waals surface area contributed by atoms with Gasteiger partial charge in [0.25, 0.3) is 0 Å². The summed E-state index contributed by atoms with van der Waals surface area (Å²) in [4.78, 5) is 2.23. The monoisotopic (exact) mass is 316 g/mol. The quantitative estimate of drug-likeness (QED) is 0.790. The summed E-state index contributed by atoms with van der Waals surface area (Å²) in [6, 6.07) is 2.05. The minimum Gasteiger partial charge on any atom is -0.374 e. The van der Waals surface area contributed by atoms with E-state index in [0.717, 1.165) is 37.6 Å². The van der Waals surface area contributed by atoms with Crippen molar-refractivity contribution in [3.8, 4) is 0 Å². The van der Waals surface area contributed by atoms with Gasteiger partial charge in [-0.25, -0.2) is 13.6 Å². The molecular formula is C13H24N4O3S. The van der Waals surface area contributed by atoms with Crippen LogP contribution in [0.1, 0.15) is 17.8 Å². The minimum atomic E-state index is -3.36. The third kappa shape index (κ3) is 5.39. The van der Waals surface area contributed by atoms with E-state index in [-0.39, 0.29) is 11.9 Å². The summed E-state index contributed by atoms with van der Waals surface area (Å²) < 4.78 is 29.6. The number of hydrogen-bond acceptors (Lipinski definition) is 5. The van der Waals surface area contributed by atoms with Gasteiger partial charge in [-0.1, -0.05) is 0 Å². The van der Waals surface area contributed by atoms with E-state index in [0.29, 0.717) is 13.0 Å². The highest BCUT2D eigenvalue weighted by Crippen LogP contribution is 2.10. The summed E-state index contributed by atoms with van der Waals surface area (Å²) in [5, 5.41) is 9.46. The lowest BCUT2D eigenvalue weighted by Gasteiger charge is -2.33. The largest absolute Gasteiger partial charge is 0.374 e. The van der Waals surface area contributed by atoms with Gasteiger partial charge in [0.05, 0.1) is 30.7 Å². The summed E-state index contributed by atoms with van der Waals surface area (Å²) >= 11 is 0. The standard InChI is InChI=1S/C13H24N4O3S/c1-11-8-12(2)17(15-11)10-13-9-16(5-6-20-13)4-3-7-21(14,18)19/h8,13H,3-7,9-10H2,1-2H3,(H2,14,18,19)/t13-/m0/s1. The highest BCUT2D eigenvalue weighted by Gasteiger charge is 2.21. The van der Waals surface area contributed by atoms with E-state index in [1.54, 1.807) is 0 Å². The van der Waals surface area contributed by atoms with Crippen molar-refractivity contribution in [3.05, 3.63) is 17.5 Å². The van der Waals surface area contributed by atoms with Crippen molar-refractivity contribution >= 4 is 10.0 Å². The molecule has 1 aliphatic rings. The maximum absolute atomic E-state index is 10.9. The topological polar surface area (TPSA) is 90.5 Å². The number of hydrogen-bond donors (Lipinski definition) is 1. The number of aromatic nitrogens is 2. The Balaban J connectivity index is 1.82. The van der Waals surface area contributed by atoms with Gasteiger partial charge in [-0.05, 0) is 32.9 Å². The zero-order valence-corrected chi connectivity index (χ0v) is 13.5. The number of ether oxygens (including phenoxy) is 1. The molecular weight excluding hydrogens is 292 g/mol. The summed E-state index contributed by atoms with van der Waals surface area (Å²) in [6.07, 6.45) is 0.650. The van der Waals surface area contributed by atoms with Crippen molar-refractivity contribution in [1.29, 1.82) is 0 Å². The molecule has 1 aliphatic heterocycles. The highest BCUT2D eigenvalue weighted by atomic mass is 32.2. The zero-order chi connectivity index (χ0) is 15.5. The van der Waals surface area contributed by atoms with Crippen molar-refractivity contribution in [2.24, 2.45) is 5.14 Å². The molecule has 1 atom stereocenters. The van der Waals surface area contributed by atoms with Crippen LogP contribution in [0.2, 0.25) is 0 Å². The van der Waals surface area contributed by atoms with Crippen molar-refractivity contribution in [2.75, 3.05) is 32.0 Å². The van der Waals surface area contributed by atoms with Gasteiger partial charge >= 0.3 is 0 Å². The Morgan fingerprint density at radius 1 is 1.48 bits per heavy atom. The molecule has 1 aromatic rings. The van der Waals surface area contributed by atoms with Gasteiger partial charge in [0.15, 0.2) is 0 Å². The lowest BCUT2D eigenvalue weighted by atomic mass is 10.2. The summed E-state index contributed by atoms with van der Waals surface area (Å²) in [7, 11) is -3.36. The third-order valence-corrected chi connectivity index (χ3v) is 4.46. The average molecular weight is 316 g/mol. The normalized spacial score (nSPS) is 20.8. The highest BCUT2D eigenvalue weighted by molar-refractivity contribution is 7.89. The van der Waals surface area contributed by atoms with Gasteiger partial charge in [-0.3, -0.25) is 9.58 Å². The Labute approximate surface area is 126 Å². The van der Waals surface area contributed by atoms with E-state index < -0.39 is 10.0 Å². The Hall–Kier alpha value is -0.960. The molecule has 0 radical (unpaired) electrons. The second kappa shape index (κ2) is 6.87. The maximum Gasteiger partial charge on any atom is 0.209 e. The van der Waals surface area contributed by atoms with Crippen LogP contribution in [0.3, 0.4) is 0 Å². The van der Waals surface area contributed by atoms with Gasteiger partial charge in [-0.15, -0.1) is 0 Å². The predicted molar refractivity (Wildman–Crippen MR) is 80.5 cm³/mol. The van der Waals surface area contributed by atoms with Crippen molar-refractivity contribution in [3.63, 3.8) is 0 Å². The van der Waals surface area contributed by atoms with E-state index in [1.165, 1.54) is 0 Å². The molecule has 0 aromatic carbocycles. The fourth-order valence-corrected chi connectivity index (χ4v) is 3.17. The average Bonchev–Trinajstić information content (AvgIpc) is 2.66. The molecule has 0 saturated carbocycles. The van der Waals surface area contributed by atoms with Gasteiger partial charge in [0, 0.05) is 18.8 Å². The number of aryl methyl sites for hydroxylation is 2. The summed E-state index contributed by atoms with van der Waals surface area (Å²) in [5.74, 6) is 0.0342. The maximum atomic E-state index is 10.9. The summed E-state index contributed by atoms with van der Waals surface area (Å²) in [5.41, 5.74) is 2.13. The lowest BCUT2D eigenvalue weighted by molar-refractivity contribution is -0.0375. The first-order chi connectivity index (χ1) is 9.83. The van der Waals surface area contributed by atoms with E-state index in [9.17, 15) is 8.42 Å². The SMILES string of the molecule is Cc1cc(C)n(C[C@@H]2CN(CCCS(N)(=O)=O)CCO2)n1. The van der Waals surface area contributed by atoms with Gasteiger partial charge in [-0.2, -0.15) is 5.10 Å². The van der Waals surface area contributed by atoms with Crippen LogP contribution in [0.5, 0.6) is 0 Å². The molecule has 120 valence electrons. The first-order valence-corrected chi connectivity index (χ1v) is 8.90. The van der Waals surface area contributed by atoms with Crippen molar-refractivity contribution in [1.82, 2.24) is 14.7 Å². The number of rotatable bonds is 6. The molecule has 2 N–H and O–H groups in total. The number of nitrogens with two attached hydrogens (primary N) is 1. The van der Waals surface area contributed by atoms with E-state index in [2.05, 4.69) is 10.00 Å². The van der Waals surface area contributed by atoms with Gasteiger partial charge in [0.2, 0.25) is 10.0 Å². The molecule has 8 heteroatoms.